The largest absolute Gasteiger partial charge is 0.497 e. The van der Waals surface area contributed by atoms with E-state index in [9.17, 15) is 0 Å². The highest BCUT2D eigenvalue weighted by atomic mass is 16.5. The van der Waals surface area contributed by atoms with Gasteiger partial charge in [0.15, 0.2) is 0 Å². The van der Waals surface area contributed by atoms with Crippen LogP contribution < -0.4 is 10.1 Å². The van der Waals surface area contributed by atoms with Crippen LogP contribution >= 0.6 is 0 Å². The molecule has 1 aromatic rings. The van der Waals surface area contributed by atoms with Crippen molar-refractivity contribution in [3.63, 3.8) is 0 Å². The van der Waals surface area contributed by atoms with Crippen molar-refractivity contribution in [1.82, 2.24) is 10.2 Å². The van der Waals surface area contributed by atoms with Gasteiger partial charge in [-0.3, -0.25) is 0 Å². The Morgan fingerprint density at radius 1 is 1.19 bits per heavy atom. The molecule has 1 aromatic carbocycles. The minimum absolute atomic E-state index is 0.539. The minimum atomic E-state index is 0.539. The van der Waals surface area contributed by atoms with Crippen LogP contribution in [0.1, 0.15) is 39.2 Å². The number of benzene rings is 1. The van der Waals surface area contributed by atoms with Crippen LogP contribution in [0.3, 0.4) is 0 Å². The van der Waals surface area contributed by atoms with Crippen LogP contribution in [-0.4, -0.2) is 44.2 Å². The standard InChI is InChI=1S/C18H32N2O/c1-5-12-19-17(11-13-20(6-2)7-3)14-16-9-8-10-18(15-16)21-4/h8-10,15,17,19H,5-7,11-14H2,1-4H3. The van der Waals surface area contributed by atoms with Crippen molar-refractivity contribution in [2.75, 3.05) is 33.3 Å². The van der Waals surface area contributed by atoms with E-state index in [1.165, 1.54) is 24.9 Å². The third-order valence-electron chi connectivity index (χ3n) is 3.99. The zero-order chi connectivity index (χ0) is 15.5. The molecule has 0 saturated heterocycles. The molecule has 0 aliphatic rings. The van der Waals surface area contributed by atoms with Crippen LogP contribution in [-0.2, 0) is 6.42 Å². The van der Waals surface area contributed by atoms with Crippen molar-refractivity contribution in [2.45, 2.75) is 46.1 Å². The molecule has 0 aliphatic heterocycles. The molecule has 0 fully saturated rings. The number of rotatable bonds is 11. The summed E-state index contributed by atoms with van der Waals surface area (Å²) in [6.07, 6.45) is 3.44. The Hall–Kier alpha value is -1.06. The zero-order valence-electron chi connectivity index (χ0n) is 14.2. The van der Waals surface area contributed by atoms with Gasteiger partial charge in [0.1, 0.15) is 5.75 Å². The van der Waals surface area contributed by atoms with Gasteiger partial charge >= 0.3 is 0 Å². The number of methoxy groups -OCH3 is 1. The fourth-order valence-electron chi connectivity index (χ4n) is 2.59. The van der Waals surface area contributed by atoms with Gasteiger partial charge in [0.2, 0.25) is 0 Å². The van der Waals surface area contributed by atoms with E-state index in [0.29, 0.717) is 6.04 Å². The van der Waals surface area contributed by atoms with Crippen molar-refractivity contribution in [3.05, 3.63) is 29.8 Å². The fraction of sp³-hybridized carbons (Fsp3) is 0.667. The Balaban J connectivity index is 2.59. The monoisotopic (exact) mass is 292 g/mol. The first-order valence-electron chi connectivity index (χ1n) is 8.32. The van der Waals surface area contributed by atoms with Gasteiger partial charge in [-0.2, -0.15) is 0 Å². The van der Waals surface area contributed by atoms with Crippen LogP contribution in [0, 0.1) is 0 Å². The molecule has 0 spiro atoms. The summed E-state index contributed by atoms with van der Waals surface area (Å²) in [7, 11) is 1.73. The topological polar surface area (TPSA) is 24.5 Å². The second-order valence-electron chi connectivity index (χ2n) is 5.52. The van der Waals surface area contributed by atoms with Crippen molar-refractivity contribution >= 4 is 0 Å². The first-order chi connectivity index (χ1) is 10.2. The van der Waals surface area contributed by atoms with Crippen LogP contribution in [0.15, 0.2) is 24.3 Å². The van der Waals surface area contributed by atoms with Gasteiger partial charge < -0.3 is 15.0 Å². The molecule has 0 radical (unpaired) electrons. The van der Waals surface area contributed by atoms with E-state index >= 15 is 0 Å². The highest BCUT2D eigenvalue weighted by Crippen LogP contribution is 2.15. The van der Waals surface area contributed by atoms with Gasteiger partial charge in [0.05, 0.1) is 7.11 Å². The molecule has 1 rings (SSSR count). The Kier molecular flexibility index (Phi) is 9.11. The molecule has 21 heavy (non-hydrogen) atoms. The van der Waals surface area contributed by atoms with Gasteiger partial charge in [0, 0.05) is 6.04 Å². The molecule has 1 N–H and O–H groups in total. The van der Waals surface area contributed by atoms with Gasteiger partial charge in [-0.05, 0) is 63.1 Å². The highest BCUT2D eigenvalue weighted by Gasteiger charge is 2.11. The number of nitrogens with zero attached hydrogens (tertiary/aromatic N) is 1. The summed E-state index contributed by atoms with van der Waals surface area (Å²) in [4.78, 5) is 2.49. The molecule has 3 nitrogen and oxygen atoms in total. The first kappa shape index (κ1) is 18.0. The van der Waals surface area contributed by atoms with E-state index in [4.69, 9.17) is 4.74 Å². The second-order valence-corrected chi connectivity index (χ2v) is 5.52. The predicted molar refractivity (Wildman–Crippen MR) is 91.2 cm³/mol. The second kappa shape index (κ2) is 10.6. The average molecular weight is 292 g/mol. The summed E-state index contributed by atoms with van der Waals surface area (Å²) in [5.74, 6) is 0.950. The normalized spacial score (nSPS) is 12.6. The molecule has 120 valence electrons. The molecule has 0 aromatic heterocycles. The van der Waals surface area contributed by atoms with Crippen molar-refractivity contribution in [2.24, 2.45) is 0 Å². The average Bonchev–Trinajstić information content (AvgIpc) is 2.53. The number of ether oxygens (including phenoxy) is 1. The molecule has 0 amide bonds. The van der Waals surface area contributed by atoms with Crippen LogP contribution in [0.5, 0.6) is 5.75 Å². The lowest BCUT2D eigenvalue weighted by Gasteiger charge is -2.24. The molecule has 1 unspecified atom stereocenters. The number of hydrogen-bond donors (Lipinski definition) is 1. The summed E-state index contributed by atoms with van der Waals surface area (Å²) >= 11 is 0. The van der Waals surface area contributed by atoms with Gasteiger partial charge in [-0.15, -0.1) is 0 Å². The third kappa shape index (κ3) is 6.96. The van der Waals surface area contributed by atoms with Crippen molar-refractivity contribution in [1.29, 1.82) is 0 Å². The molecule has 0 heterocycles. The molecular formula is C18H32N2O. The summed E-state index contributed by atoms with van der Waals surface area (Å²) < 4.78 is 5.32. The summed E-state index contributed by atoms with van der Waals surface area (Å²) in [6, 6.07) is 8.97. The maximum absolute atomic E-state index is 5.32. The minimum Gasteiger partial charge on any atom is -0.497 e. The van der Waals surface area contributed by atoms with Gasteiger partial charge in [-0.1, -0.05) is 32.9 Å². The molecule has 1 atom stereocenters. The van der Waals surface area contributed by atoms with Crippen molar-refractivity contribution in [3.8, 4) is 5.75 Å². The fourth-order valence-corrected chi connectivity index (χ4v) is 2.59. The molecular weight excluding hydrogens is 260 g/mol. The lowest BCUT2D eigenvalue weighted by molar-refractivity contribution is 0.280. The van der Waals surface area contributed by atoms with Crippen LogP contribution in [0.2, 0.25) is 0 Å². The summed E-state index contributed by atoms with van der Waals surface area (Å²) in [5.41, 5.74) is 1.35. The Bertz CT molecular complexity index is 377. The molecule has 3 heteroatoms. The molecule has 0 aliphatic carbocycles. The van der Waals surface area contributed by atoms with Gasteiger partial charge in [-0.25, -0.2) is 0 Å². The third-order valence-corrected chi connectivity index (χ3v) is 3.99. The first-order valence-corrected chi connectivity index (χ1v) is 8.32. The van der Waals surface area contributed by atoms with E-state index in [1.807, 2.05) is 6.07 Å². The zero-order valence-corrected chi connectivity index (χ0v) is 14.2. The van der Waals surface area contributed by atoms with Crippen LogP contribution in [0.25, 0.3) is 0 Å². The van der Waals surface area contributed by atoms with E-state index in [2.05, 4.69) is 49.2 Å². The van der Waals surface area contributed by atoms with E-state index in [1.54, 1.807) is 7.11 Å². The summed E-state index contributed by atoms with van der Waals surface area (Å²) in [5, 5.41) is 3.69. The van der Waals surface area contributed by atoms with E-state index in [0.717, 1.165) is 31.8 Å². The van der Waals surface area contributed by atoms with Crippen LogP contribution in [0.4, 0.5) is 0 Å². The quantitative estimate of drug-likeness (QED) is 0.677. The SMILES string of the molecule is CCCNC(CCN(CC)CC)Cc1cccc(OC)c1. The lowest BCUT2D eigenvalue weighted by Crippen LogP contribution is -2.36. The number of nitrogens with one attached hydrogen (secondary N) is 1. The smallest absolute Gasteiger partial charge is 0.119 e. The van der Waals surface area contributed by atoms with Gasteiger partial charge in [0.25, 0.3) is 0 Å². The van der Waals surface area contributed by atoms with Crippen molar-refractivity contribution < 1.29 is 4.74 Å². The maximum atomic E-state index is 5.32. The predicted octanol–water partition coefficient (Wildman–Crippen LogP) is 3.34. The molecule has 0 saturated carbocycles. The maximum Gasteiger partial charge on any atom is 0.119 e. The number of hydrogen-bond acceptors (Lipinski definition) is 3. The Morgan fingerprint density at radius 2 is 1.95 bits per heavy atom. The Labute approximate surface area is 130 Å². The summed E-state index contributed by atoms with van der Waals surface area (Å²) in [6.45, 7) is 11.2. The van der Waals surface area contributed by atoms with E-state index in [-0.39, 0.29) is 0 Å². The lowest BCUT2D eigenvalue weighted by atomic mass is 10.0. The highest BCUT2D eigenvalue weighted by molar-refractivity contribution is 5.28. The Morgan fingerprint density at radius 3 is 2.57 bits per heavy atom. The molecule has 0 bridgehead atoms. The van der Waals surface area contributed by atoms with E-state index < -0.39 is 0 Å².